The van der Waals surface area contributed by atoms with Crippen LogP contribution < -0.4 is 20.3 Å². The van der Waals surface area contributed by atoms with Crippen LogP contribution in [0.1, 0.15) is 90.8 Å². The predicted octanol–water partition coefficient (Wildman–Crippen LogP) is 5.84. The van der Waals surface area contributed by atoms with Crippen LogP contribution in [0.5, 0.6) is 5.88 Å². The van der Waals surface area contributed by atoms with Gasteiger partial charge >= 0.3 is 5.97 Å². The molecule has 2 aliphatic rings. The number of benzene rings is 1. The number of pyridine rings is 2. The van der Waals surface area contributed by atoms with Gasteiger partial charge in [0.05, 0.1) is 24.3 Å². The van der Waals surface area contributed by atoms with E-state index in [1.165, 1.54) is 0 Å². The summed E-state index contributed by atoms with van der Waals surface area (Å²) in [5, 5.41) is 9.39. The van der Waals surface area contributed by atoms with E-state index >= 15 is 0 Å². The Morgan fingerprint density at radius 2 is 1.80 bits per heavy atom. The molecule has 244 valence electrons. The number of amides is 2. The largest absolute Gasteiger partial charge is 0.481 e. The highest BCUT2D eigenvalue weighted by molar-refractivity contribution is 6.10. The molecule has 1 aliphatic carbocycles. The number of hydrogen-bond acceptors (Lipinski definition) is 7. The van der Waals surface area contributed by atoms with Gasteiger partial charge in [0.1, 0.15) is 5.82 Å². The summed E-state index contributed by atoms with van der Waals surface area (Å²) in [6.45, 7) is 10.5. The maximum absolute atomic E-state index is 14.3. The van der Waals surface area contributed by atoms with Crippen LogP contribution in [-0.4, -0.2) is 59.1 Å². The molecule has 3 aromatic rings. The minimum Gasteiger partial charge on any atom is -0.481 e. The van der Waals surface area contributed by atoms with E-state index in [1.54, 1.807) is 29.3 Å². The van der Waals surface area contributed by atoms with Crippen molar-refractivity contribution in [2.24, 2.45) is 23.0 Å². The molecule has 2 amide bonds. The normalized spacial score (nSPS) is 16.1. The monoisotopic (exact) mass is 627 g/mol. The molecule has 2 fully saturated rings. The van der Waals surface area contributed by atoms with E-state index in [9.17, 15) is 19.5 Å². The number of rotatable bonds is 12. The summed E-state index contributed by atoms with van der Waals surface area (Å²) in [6.07, 6.45) is 5.57. The van der Waals surface area contributed by atoms with Crippen molar-refractivity contribution in [2.45, 2.75) is 65.7 Å². The average Bonchev–Trinajstić information content (AvgIpc) is 3.86. The molecule has 46 heavy (non-hydrogen) atoms. The maximum atomic E-state index is 14.3. The third-order valence-corrected chi connectivity index (χ3v) is 8.74. The van der Waals surface area contributed by atoms with Crippen molar-refractivity contribution in [1.82, 2.24) is 9.97 Å². The number of nitrogens with zero attached hydrogens (tertiary/aromatic N) is 4. The van der Waals surface area contributed by atoms with Gasteiger partial charge < -0.3 is 20.5 Å². The number of hydrogen-bond donors (Lipinski definition) is 2. The zero-order valence-electron chi connectivity index (χ0n) is 27.2. The summed E-state index contributed by atoms with van der Waals surface area (Å²) >= 11 is 0. The lowest BCUT2D eigenvalue weighted by molar-refractivity contribution is -0.137. The fraction of sp³-hybridized carbons (Fsp3) is 0.472. The highest BCUT2D eigenvalue weighted by Gasteiger charge is 2.34. The fourth-order valence-corrected chi connectivity index (χ4v) is 6.20. The molecule has 10 heteroatoms. The smallest absolute Gasteiger partial charge is 0.303 e. The van der Waals surface area contributed by atoms with Gasteiger partial charge in [0.25, 0.3) is 5.91 Å². The van der Waals surface area contributed by atoms with Crippen molar-refractivity contribution in [3.05, 3.63) is 77.1 Å². The van der Waals surface area contributed by atoms with E-state index in [0.717, 1.165) is 36.9 Å². The van der Waals surface area contributed by atoms with Gasteiger partial charge in [-0.05, 0) is 97.7 Å². The molecule has 1 aliphatic heterocycles. The van der Waals surface area contributed by atoms with Gasteiger partial charge in [0, 0.05) is 43.2 Å². The van der Waals surface area contributed by atoms with Crippen LogP contribution in [0.3, 0.4) is 0 Å². The number of aromatic nitrogens is 2. The van der Waals surface area contributed by atoms with Gasteiger partial charge in [0.2, 0.25) is 11.8 Å². The zero-order chi connectivity index (χ0) is 33.0. The molecule has 5 rings (SSSR count). The SMILES string of the molecule is Cc1cccc(N(CC(C)(C)C)C(=O)c2ccc(C(N)=O)cc2N2CCC(COc3cc(C(CC(=O)O)C4CC4)ccn3)CC2)n1. The summed E-state index contributed by atoms with van der Waals surface area (Å²) in [5.74, 6) is 0.260. The van der Waals surface area contributed by atoms with E-state index in [1.807, 2.05) is 37.3 Å². The molecule has 1 unspecified atom stereocenters. The minimum absolute atomic E-state index is 0.0137. The van der Waals surface area contributed by atoms with Crippen LogP contribution in [0.2, 0.25) is 0 Å². The van der Waals surface area contributed by atoms with Gasteiger partial charge in [-0.15, -0.1) is 0 Å². The first-order chi connectivity index (χ1) is 21.9. The summed E-state index contributed by atoms with van der Waals surface area (Å²) in [5.41, 5.74) is 8.81. The third-order valence-electron chi connectivity index (χ3n) is 8.74. The van der Waals surface area contributed by atoms with Gasteiger partial charge in [-0.25, -0.2) is 9.97 Å². The van der Waals surface area contributed by atoms with Crippen molar-refractivity contribution < 1.29 is 24.2 Å². The Morgan fingerprint density at radius 1 is 1.07 bits per heavy atom. The highest BCUT2D eigenvalue weighted by Crippen LogP contribution is 2.45. The lowest BCUT2D eigenvalue weighted by Crippen LogP contribution is -2.41. The average molecular weight is 628 g/mol. The lowest BCUT2D eigenvalue weighted by atomic mass is 9.92. The minimum atomic E-state index is -0.789. The summed E-state index contributed by atoms with van der Waals surface area (Å²) in [6, 6.07) is 14.5. The molecular weight excluding hydrogens is 582 g/mol. The second kappa shape index (κ2) is 13.9. The number of carbonyl (C=O) groups is 3. The summed E-state index contributed by atoms with van der Waals surface area (Å²) < 4.78 is 6.13. The van der Waals surface area contributed by atoms with Gasteiger partial charge in [-0.3, -0.25) is 19.3 Å². The molecule has 0 radical (unpaired) electrons. The first-order valence-corrected chi connectivity index (χ1v) is 16.1. The van der Waals surface area contributed by atoms with E-state index in [2.05, 4.69) is 35.6 Å². The van der Waals surface area contributed by atoms with Crippen molar-refractivity contribution in [1.29, 1.82) is 0 Å². The Morgan fingerprint density at radius 3 is 2.43 bits per heavy atom. The quantitative estimate of drug-likeness (QED) is 0.255. The number of carbonyl (C=O) groups excluding carboxylic acids is 2. The van der Waals surface area contributed by atoms with Crippen LogP contribution in [0.15, 0.2) is 54.7 Å². The Kier molecular flexibility index (Phi) is 9.94. The first kappa shape index (κ1) is 32.9. The number of ether oxygens (including phenoxy) is 1. The standard InChI is InChI=1S/C36H45N5O5/c1-23-6-5-7-31(39-23)41(22-36(2,3)4)35(45)28-11-10-27(34(37)44)18-30(28)40-16-13-24(14-17-40)21-46-32-19-26(12-15-38-32)29(20-33(42)43)25-8-9-25/h5-7,10-12,15,18-19,24-25,29H,8-9,13-14,16-17,20-22H2,1-4H3,(H2,37,44)(H,42,43). The molecular formula is C36H45N5O5. The van der Waals surface area contributed by atoms with Crippen molar-refractivity contribution in [2.75, 3.05) is 36.0 Å². The van der Waals surface area contributed by atoms with Crippen LogP contribution in [-0.2, 0) is 4.79 Å². The Bertz CT molecular complexity index is 1570. The maximum Gasteiger partial charge on any atom is 0.303 e. The van der Waals surface area contributed by atoms with E-state index in [4.69, 9.17) is 10.5 Å². The number of primary amides is 1. The van der Waals surface area contributed by atoms with Crippen LogP contribution in [0.4, 0.5) is 11.5 Å². The number of aliphatic carboxylic acids is 1. The molecule has 1 saturated carbocycles. The first-order valence-electron chi connectivity index (χ1n) is 16.1. The van der Waals surface area contributed by atoms with E-state index in [0.29, 0.717) is 60.7 Å². The summed E-state index contributed by atoms with van der Waals surface area (Å²) in [7, 11) is 0. The highest BCUT2D eigenvalue weighted by atomic mass is 16.5. The number of piperidine rings is 1. The second-order valence-electron chi connectivity index (χ2n) is 13.9. The van der Waals surface area contributed by atoms with Crippen LogP contribution in [0, 0.1) is 24.2 Å². The van der Waals surface area contributed by atoms with Crippen LogP contribution >= 0.6 is 0 Å². The fourth-order valence-electron chi connectivity index (χ4n) is 6.20. The number of anilines is 2. The predicted molar refractivity (Wildman–Crippen MR) is 177 cm³/mol. The molecule has 1 saturated heterocycles. The van der Waals surface area contributed by atoms with E-state index in [-0.39, 0.29) is 29.6 Å². The van der Waals surface area contributed by atoms with Crippen LogP contribution in [0.25, 0.3) is 0 Å². The van der Waals surface area contributed by atoms with Crippen molar-refractivity contribution >= 4 is 29.3 Å². The third kappa shape index (κ3) is 8.41. The molecule has 0 spiro atoms. The van der Waals surface area contributed by atoms with Crippen molar-refractivity contribution in [3.63, 3.8) is 0 Å². The number of aryl methyl sites for hydroxylation is 1. The Balaban J connectivity index is 1.30. The topological polar surface area (TPSA) is 139 Å². The molecule has 2 aromatic heterocycles. The lowest BCUT2D eigenvalue weighted by Gasteiger charge is -2.36. The number of carboxylic acids is 1. The zero-order valence-corrected chi connectivity index (χ0v) is 27.2. The summed E-state index contributed by atoms with van der Waals surface area (Å²) in [4.78, 5) is 50.8. The molecule has 3 N–H and O–H groups in total. The van der Waals surface area contributed by atoms with Crippen molar-refractivity contribution in [3.8, 4) is 5.88 Å². The van der Waals surface area contributed by atoms with Gasteiger partial charge in [-0.1, -0.05) is 26.8 Å². The van der Waals surface area contributed by atoms with E-state index < -0.39 is 11.9 Å². The number of carboxylic acid groups (broad SMARTS) is 1. The Hall–Kier alpha value is -4.47. The Labute approximate surface area is 271 Å². The van der Waals surface area contributed by atoms with Gasteiger partial charge in [0.15, 0.2) is 0 Å². The molecule has 3 heterocycles. The van der Waals surface area contributed by atoms with Gasteiger partial charge in [-0.2, -0.15) is 0 Å². The molecule has 1 aromatic carbocycles. The number of nitrogens with two attached hydrogens (primary N) is 1. The molecule has 0 bridgehead atoms. The second-order valence-corrected chi connectivity index (χ2v) is 13.9. The molecule has 10 nitrogen and oxygen atoms in total. The molecule has 1 atom stereocenters.